The van der Waals surface area contributed by atoms with E-state index in [-0.39, 0.29) is 31.1 Å². The zero-order chi connectivity index (χ0) is 47.2. The summed E-state index contributed by atoms with van der Waals surface area (Å²) in [6, 6.07) is 0. The molecule has 0 aliphatic carbocycles. The maximum Gasteiger partial charge on any atom is 0.306 e. The van der Waals surface area contributed by atoms with Gasteiger partial charge in [-0.3, -0.25) is 14.4 Å². The molecular formula is C59H92O6. The van der Waals surface area contributed by atoms with Crippen LogP contribution in [-0.2, 0) is 28.6 Å². The van der Waals surface area contributed by atoms with Gasteiger partial charge in [0.25, 0.3) is 0 Å². The van der Waals surface area contributed by atoms with E-state index in [9.17, 15) is 14.4 Å². The first-order valence-electron chi connectivity index (χ1n) is 25.8. The van der Waals surface area contributed by atoms with Gasteiger partial charge in [0.15, 0.2) is 6.10 Å². The minimum absolute atomic E-state index is 0.112. The normalized spacial score (nSPS) is 13.2. The van der Waals surface area contributed by atoms with Gasteiger partial charge in [-0.15, -0.1) is 0 Å². The van der Waals surface area contributed by atoms with Crippen LogP contribution in [0.5, 0.6) is 0 Å². The van der Waals surface area contributed by atoms with Crippen molar-refractivity contribution in [3.63, 3.8) is 0 Å². The zero-order valence-electron chi connectivity index (χ0n) is 41.4. The molecule has 0 aromatic rings. The fraction of sp³-hybridized carbons (Fsp3) is 0.576. The molecule has 1 atom stereocenters. The molecule has 0 rings (SSSR count). The van der Waals surface area contributed by atoms with Crippen LogP contribution in [0.2, 0.25) is 0 Å². The second kappa shape index (κ2) is 52.2. The molecule has 364 valence electrons. The second-order valence-corrected chi connectivity index (χ2v) is 16.5. The number of hydrogen-bond donors (Lipinski definition) is 0. The van der Waals surface area contributed by atoms with Crippen LogP contribution in [0.1, 0.15) is 201 Å². The number of esters is 3. The number of rotatable bonds is 44. The minimum Gasteiger partial charge on any atom is -0.462 e. The SMILES string of the molecule is CC/C=C/C=C/C=C/C=C/C=C/C=C/CCCCCC(=O)OCC(COC(=O)CCCCCCC/C=C/C=C/C=C/CC)OC(=O)CCCCCCCCC/C=C/C/C=C/CCCCC. The average molecular weight is 897 g/mol. The quantitative estimate of drug-likeness (QED) is 0.0199. The van der Waals surface area contributed by atoms with Crippen LogP contribution < -0.4 is 0 Å². The third-order valence-electron chi connectivity index (χ3n) is 10.3. The molecule has 0 saturated heterocycles. The van der Waals surface area contributed by atoms with Crippen molar-refractivity contribution in [2.75, 3.05) is 13.2 Å². The van der Waals surface area contributed by atoms with E-state index in [1.807, 2.05) is 66.8 Å². The van der Waals surface area contributed by atoms with Gasteiger partial charge in [0.2, 0.25) is 0 Å². The van der Waals surface area contributed by atoms with Crippen molar-refractivity contribution in [3.8, 4) is 0 Å². The molecule has 0 radical (unpaired) electrons. The third kappa shape index (κ3) is 50.4. The van der Waals surface area contributed by atoms with Crippen molar-refractivity contribution in [3.05, 3.63) is 134 Å². The Morgan fingerprint density at radius 2 is 0.662 bits per heavy atom. The first-order valence-corrected chi connectivity index (χ1v) is 25.8. The first kappa shape index (κ1) is 60.5. The van der Waals surface area contributed by atoms with Crippen LogP contribution in [0, 0.1) is 0 Å². The van der Waals surface area contributed by atoms with Crippen LogP contribution in [0.4, 0.5) is 0 Å². The molecule has 0 bridgehead atoms. The predicted octanol–water partition coefficient (Wildman–Crippen LogP) is 17.1. The smallest absolute Gasteiger partial charge is 0.306 e. The monoisotopic (exact) mass is 897 g/mol. The van der Waals surface area contributed by atoms with E-state index in [0.29, 0.717) is 19.3 Å². The van der Waals surface area contributed by atoms with Crippen LogP contribution >= 0.6 is 0 Å². The van der Waals surface area contributed by atoms with Crippen molar-refractivity contribution in [1.29, 1.82) is 0 Å². The van der Waals surface area contributed by atoms with Crippen molar-refractivity contribution in [2.45, 2.75) is 207 Å². The molecule has 0 spiro atoms. The summed E-state index contributed by atoms with van der Waals surface area (Å²) in [5, 5.41) is 0. The Hall–Kier alpha value is -4.45. The molecule has 0 fully saturated rings. The van der Waals surface area contributed by atoms with Gasteiger partial charge in [0.05, 0.1) is 0 Å². The minimum atomic E-state index is -0.814. The lowest BCUT2D eigenvalue weighted by atomic mass is 10.1. The summed E-state index contributed by atoms with van der Waals surface area (Å²) in [7, 11) is 0. The first-order chi connectivity index (χ1) is 32.0. The van der Waals surface area contributed by atoms with Gasteiger partial charge < -0.3 is 14.2 Å². The van der Waals surface area contributed by atoms with Gasteiger partial charge >= 0.3 is 17.9 Å². The molecule has 1 unspecified atom stereocenters. The maximum absolute atomic E-state index is 12.8. The summed E-state index contributed by atoms with van der Waals surface area (Å²) >= 11 is 0. The highest BCUT2D eigenvalue weighted by molar-refractivity contribution is 5.71. The van der Waals surface area contributed by atoms with E-state index in [1.54, 1.807) is 0 Å². The Morgan fingerprint density at radius 1 is 0.338 bits per heavy atom. The molecule has 65 heavy (non-hydrogen) atoms. The lowest BCUT2D eigenvalue weighted by Crippen LogP contribution is -2.30. The van der Waals surface area contributed by atoms with E-state index < -0.39 is 6.10 Å². The average Bonchev–Trinajstić information content (AvgIpc) is 3.30. The molecule has 0 aromatic heterocycles. The largest absolute Gasteiger partial charge is 0.462 e. The van der Waals surface area contributed by atoms with Gasteiger partial charge in [-0.05, 0) is 89.9 Å². The van der Waals surface area contributed by atoms with Crippen LogP contribution in [0.3, 0.4) is 0 Å². The molecule has 0 saturated carbocycles. The van der Waals surface area contributed by atoms with E-state index >= 15 is 0 Å². The molecule has 0 aliphatic rings. The number of ether oxygens (including phenoxy) is 3. The van der Waals surface area contributed by atoms with Gasteiger partial charge in [-0.1, -0.05) is 225 Å². The zero-order valence-corrected chi connectivity index (χ0v) is 41.4. The Morgan fingerprint density at radius 3 is 1.08 bits per heavy atom. The Labute approximate surface area is 398 Å². The van der Waals surface area contributed by atoms with E-state index in [0.717, 1.165) is 109 Å². The summed E-state index contributed by atoms with van der Waals surface area (Å²) in [5.74, 6) is -0.993. The summed E-state index contributed by atoms with van der Waals surface area (Å²) in [6.07, 6.45) is 72.8. The number of carbonyl (C=O) groups excluding carboxylic acids is 3. The fourth-order valence-electron chi connectivity index (χ4n) is 6.50. The van der Waals surface area contributed by atoms with Crippen molar-refractivity contribution in [2.24, 2.45) is 0 Å². The molecule has 0 heterocycles. The summed E-state index contributed by atoms with van der Waals surface area (Å²) in [4.78, 5) is 38.0. The lowest BCUT2D eigenvalue weighted by Gasteiger charge is -2.18. The highest BCUT2D eigenvalue weighted by atomic mass is 16.6. The maximum atomic E-state index is 12.8. The second-order valence-electron chi connectivity index (χ2n) is 16.5. The standard InChI is InChI=1S/C59H92O6/c1-4-7-10-13-16-19-22-25-27-29-31-34-37-40-43-46-49-52-58(61)64-55-56(54-63-57(60)51-48-45-42-39-36-33-24-21-18-15-12-9-6-3)65-59(62)53-50-47-44-41-38-35-32-30-28-26-23-20-17-14-11-8-5-2/h7,9-10,12-13,15-22,24-29,31,34,37,56H,4-6,8,11,14,23,30,32-33,35-36,38-55H2,1-3H3/b10-7+,12-9+,16-13+,18-15+,20-17+,22-19+,24-21+,27-25+,28-26+,31-29+,37-34+. The van der Waals surface area contributed by atoms with Gasteiger partial charge in [0.1, 0.15) is 13.2 Å². The fourth-order valence-corrected chi connectivity index (χ4v) is 6.50. The molecule has 0 aromatic carbocycles. The van der Waals surface area contributed by atoms with Crippen LogP contribution in [0.15, 0.2) is 134 Å². The highest BCUT2D eigenvalue weighted by Gasteiger charge is 2.19. The number of unbranched alkanes of at least 4 members (excludes halogenated alkanes) is 18. The van der Waals surface area contributed by atoms with E-state index in [1.165, 1.54) is 51.4 Å². The highest BCUT2D eigenvalue weighted by Crippen LogP contribution is 2.13. The Bertz CT molecular complexity index is 1450. The predicted molar refractivity (Wildman–Crippen MR) is 279 cm³/mol. The van der Waals surface area contributed by atoms with E-state index in [2.05, 4.69) is 87.6 Å². The number of carbonyl (C=O) groups is 3. The van der Waals surface area contributed by atoms with Gasteiger partial charge in [-0.25, -0.2) is 0 Å². The third-order valence-corrected chi connectivity index (χ3v) is 10.3. The lowest BCUT2D eigenvalue weighted by molar-refractivity contribution is -0.167. The summed E-state index contributed by atoms with van der Waals surface area (Å²) in [5.41, 5.74) is 0. The Kier molecular flexibility index (Phi) is 48.6. The molecular weight excluding hydrogens is 805 g/mol. The van der Waals surface area contributed by atoms with Crippen molar-refractivity contribution in [1.82, 2.24) is 0 Å². The Balaban J connectivity index is 4.54. The van der Waals surface area contributed by atoms with Crippen molar-refractivity contribution < 1.29 is 28.6 Å². The molecule has 0 aliphatic heterocycles. The molecule has 0 N–H and O–H groups in total. The van der Waals surface area contributed by atoms with Gasteiger partial charge in [-0.2, -0.15) is 0 Å². The summed E-state index contributed by atoms with van der Waals surface area (Å²) in [6.45, 7) is 6.25. The number of hydrogen-bond acceptors (Lipinski definition) is 6. The number of allylic oxidation sites excluding steroid dienone is 22. The van der Waals surface area contributed by atoms with Gasteiger partial charge in [0, 0.05) is 19.3 Å². The molecule has 6 nitrogen and oxygen atoms in total. The van der Waals surface area contributed by atoms with Crippen molar-refractivity contribution >= 4 is 17.9 Å². The summed E-state index contributed by atoms with van der Waals surface area (Å²) < 4.78 is 16.7. The van der Waals surface area contributed by atoms with Crippen LogP contribution in [0.25, 0.3) is 0 Å². The van der Waals surface area contributed by atoms with E-state index in [4.69, 9.17) is 14.2 Å². The topological polar surface area (TPSA) is 78.9 Å². The molecule has 0 amide bonds. The molecule has 6 heteroatoms. The van der Waals surface area contributed by atoms with Crippen LogP contribution in [-0.4, -0.2) is 37.2 Å².